The van der Waals surface area contributed by atoms with Crippen LogP contribution in [0.25, 0.3) is 6.08 Å². The molecule has 2 amide bonds. The van der Waals surface area contributed by atoms with Crippen LogP contribution in [0.5, 0.6) is 0 Å². The second kappa shape index (κ2) is 8.31. The summed E-state index contributed by atoms with van der Waals surface area (Å²) in [6.07, 6.45) is 2.97. The normalized spacial score (nSPS) is 11.0. The summed E-state index contributed by atoms with van der Waals surface area (Å²) in [5.74, 6) is -0.390. The number of carbonyl (C=O) groups excluding carboxylic acids is 2. The maximum absolute atomic E-state index is 12.7. The van der Waals surface area contributed by atoms with E-state index in [0.29, 0.717) is 17.0 Å². The molecule has 0 fully saturated rings. The molecule has 1 heterocycles. The van der Waals surface area contributed by atoms with E-state index in [2.05, 4.69) is 26.6 Å². The van der Waals surface area contributed by atoms with E-state index in [1.54, 1.807) is 48.5 Å². The fourth-order valence-corrected chi connectivity index (χ4v) is 2.59. The number of amides is 2. The third-order valence-corrected chi connectivity index (χ3v) is 4.17. The van der Waals surface area contributed by atoms with E-state index in [1.807, 2.05) is 18.2 Å². The number of halogens is 1. The van der Waals surface area contributed by atoms with Crippen molar-refractivity contribution in [3.8, 4) is 0 Å². The van der Waals surface area contributed by atoms with Crippen LogP contribution in [-0.2, 0) is 4.79 Å². The van der Waals surface area contributed by atoms with Gasteiger partial charge in [0, 0.05) is 16.1 Å². The molecule has 0 aliphatic carbocycles. The lowest BCUT2D eigenvalue weighted by Gasteiger charge is -2.11. The molecule has 0 saturated carbocycles. The molecule has 0 bridgehead atoms. The summed E-state index contributed by atoms with van der Waals surface area (Å²) in [6.45, 7) is 0. The van der Waals surface area contributed by atoms with E-state index in [-0.39, 0.29) is 11.6 Å². The fraction of sp³-hybridized carbons (Fsp3) is 0. The van der Waals surface area contributed by atoms with Crippen LogP contribution in [0, 0.1) is 0 Å². The van der Waals surface area contributed by atoms with Gasteiger partial charge < -0.3 is 15.1 Å². The smallest absolute Gasteiger partial charge is 0.272 e. The fourth-order valence-electron chi connectivity index (χ4n) is 2.21. The molecule has 2 aromatic carbocycles. The van der Waals surface area contributed by atoms with Gasteiger partial charge in [-0.15, -0.1) is 0 Å². The number of anilines is 1. The minimum Gasteiger partial charge on any atom is -0.465 e. The molecule has 0 atom stereocenters. The maximum Gasteiger partial charge on any atom is 0.272 e. The van der Waals surface area contributed by atoms with Crippen molar-refractivity contribution in [3.05, 3.63) is 94.5 Å². The molecule has 5 nitrogen and oxygen atoms in total. The van der Waals surface area contributed by atoms with Crippen molar-refractivity contribution >= 4 is 39.5 Å². The third kappa shape index (κ3) is 4.49. The summed E-state index contributed by atoms with van der Waals surface area (Å²) in [5.41, 5.74) is 1.12. The predicted octanol–water partition coefficient (Wildman–Crippen LogP) is 4.45. The Morgan fingerprint density at radius 3 is 2.35 bits per heavy atom. The number of hydrogen-bond donors (Lipinski definition) is 2. The number of para-hydroxylation sites is 1. The van der Waals surface area contributed by atoms with Crippen molar-refractivity contribution in [3.63, 3.8) is 0 Å². The van der Waals surface area contributed by atoms with Crippen LogP contribution in [-0.4, -0.2) is 11.8 Å². The highest BCUT2D eigenvalue weighted by molar-refractivity contribution is 9.10. The summed E-state index contributed by atoms with van der Waals surface area (Å²) in [6, 6.07) is 19.3. The molecule has 3 rings (SSSR count). The number of furan rings is 1. The van der Waals surface area contributed by atoms with Gasteiger partial charge in [0.15, 0.2) is 0 Å². The molecule has 0 unspecified atom stereocenters. The van der Waals surface area contributed by atoms with Gasteiger partial charge in [-0.1, -0.05) is 30.3 Å². The topological polar surface area (TPSA) is 71.3 Å². The average Bonchev–Trinajstić information content (AvgIpc) is 3.17. The zero-order chi connectivity index (χ0) is 18.4. The van der Waals surface area contributed by atoms with Crippen LogP contribution in [0.2, 0.25) is 0 Å². The Morgan fingerprint density at radius 1 is 0.923 bits per heavy atom. The molecule has 6 heteroatoms. The molecule has 1 aromatic heterocycles. The molecule has 0 saturated heterocycles. The van der Waals surface area contributed by atoms with E-state index in [0.717, 1.165) is 4.47 Å². The molecule has 2 N–H and O–H groups in total. The van der Waals surface area contributed by atoms with Crippen LogP contribution in [0.15, 0.2) is 87.6 Å². The van der Waals surface area contributed by atoms with Crippen molar-refractivity contribution in [2.75, 3.05) is 5.32 Å². The second-order valence-corrected chi connectivity index (χ2v) is 6.18. The van der Waals surface area contributed by atoms with Gasteiger partial charge in [-0.05, 0) is 52.3 Å². The van der Waals surface area contributed by atoms with Gasteiger partial charge in [-0.2, -0.15) is 0 Å². The zero-order valence-corrected chi connectivity index (χ0v) is 15.2. The molecule has 0 spiro atoms. The van der Waals surface area contributed by atoms with Crippen molar-refractivity contribution in [2.24, 2.45) is 0 Å². The van der Waals surface area contributed by atoms with Gasteiger partial charge in [0.25, 0.3) is 11.8 Å². The quantitative estimate of drug-likeness (QED) is 0.610. The molecule has 26 heavy (non-hydrogen) atoms. The van der Waals surface area contributed by atoms with Crippen LogP contribution < -0.4 is 10.6 Å². The number of rotatable bonds is 5. The average molecular weight is 411 g/mol. The Morgan fingerprint density at radius 2 is 1.65 bits per heavy atom. The highest BCUT2D eigenvalue weighted by Gasteiger charge is 2.16. The van der Waals surface area contributed by atoms with Crippen molar-refractivity contribution < 1.29 is 14.0 Å². The minimum absolute atomic E-state index is 0.0737. The van der Waals surface area contributed by atoms with Gasteiger partial charge >= 0.3 is 0 Å². The maximum atomic E-state index is 12.7. The molecule has 0 aliphatic heterocycles. The van der Waals surface area contributed by atoms with Gasteiger partial charge in [0.2, 0.25) is 0 Å². The third-order valence-electron chi connectivity index (χ3n) is 3.48. The first-order chi connectivity index (χ1) is 12.6. The first-order valence-electron chi connectivity index (χ1n) is 7.81. The van der Waals surface area contributed by atoms with E-state index < -0.39 is 5.91 Å². The molecular weight excluding hydrogens is 396 g/mol. The van der Waals surface area contributed by atoms with Gasteiger partial charge in [-0.25, -0.2) is 0 Å². The summed E-state index contributed by atoms with van der Waals surface area (Å²) in [4.78, 5) is 25.1. The lowest BCUT2D eigenvalue weighted by molar-refractivity contribution is -0.113. The molecule has 3 aromatic rings. The van der Waals surface area contributed by atoms with Crippen LogP contribution in [0.1, 0.15) is 16.1 Å². The first-order valence-corrected chi connectivity index (χ1v) is 8.60. The Labute approximate surface area is 158 Å². The highest BCUT2D eigenvalue weighted by atomic mass is 79.9. The highest BCUT2D eigenvalue weighted by Crippen LogP contribution is 2.22. The first kappa shape index (κ1) is 17.7. The number of benzene rings is 2. The Kier molecular flexibility index (Phi) is 5.66. The van der Waals surface area contributed by atoms with E-state index in [4.69, 9.17) is 4.42 Å². The van der Waals surface area contributed by atoms with Crippen LogP contribution >= 0.6 is 15.9 Å². The summed E-state index contributed by atoms with van der Waals surface area (Å²) in [7, 11) is 0. The van der Waals surface area contributed by atoms with Crippen LogP contribution in [0.3, 0.4) is 0 Å². The van der Waals surface area contributed by atoms with Gasteiger partial charge in [-0.3, -0.25) is 9.59 Å². The number of nitrogens with one attached hydrogen (secondary N) is 2. The summed E-state index contributed by atoms with van der Waals surface area (Å²) in [5, 5.41) is 5.41. The largest absolute Gasteiger partial charge is 0.465 e. The minimum atomic E-state index is -0.461. The molecule has 0 aliphatic rings. The number of hydrogen-bond acceptors (Lipinski definition) is 3. The Balaban J connectivity index is 1.85. The van der Waals surface area contributed by atoms with E-state index in [1.165, 1.54) is 12.3 Å². The zero-order valence-electron chi connectivity index (χ0n) is 13.6. The Bertz CT molecular complexity index is 935. The lowest BCUT2D eigenvalue weighted by atomic mass is 10.2. The summed E-state index contributed by atoms with van der Waals surface area (Å²) >= 11 is 3.38. The SMILES string of the molecule is O=C(Nc1ccccc1Br)C(=Cc1ccco1)NC(=O)c1ccccc1. The Hall–Kier alpha value is -3.12. The molecular formula is C20H15BrN2O3. The summed E-state index contributed by atoms with van der Waals surface area (Å²) < 4.78 is 5.99. The van der Waals surface area contributed by atoms with Crippen molar-refractivity contribution in [1.29, 1.82) is 0 Å². The van der Waals surface area contributed by atoms with Crippen molar-refractivity contribution in [1.82, 2.24) is 5.32 Å². The standard InChI is InChI=1S/C20H15BrN2O3/c21-16-10-4-5-11-17(16)22-20(25)18(13-15-9-6-12-26-15)23-19(24)14-7-2-1-3-8-14/h1-13H,(H,22,25)(H,23,24). The van der Waals surface area contributed by atoms with E-state index in [9.17, 15) is 9.59 Å². The number of carbonyl (C=O) groups is 2. The molecule has 0 radical (unpaired) electrons. The van der Waals surface area contributed by atoms with Crippen LogP contribution in [0.4, 0.5) is 5.69 Å². The van der Waals surface area contributed by atoms with Gasteiger partial charge in [0.1, 0.15) is 11.5 Å². The molecule has 130 valence electrons. The predicted molar refractivity (Wildman–Crippen MR) is 103 cm³/mol. The second-order valence-electron chi connectivity index (χ2n) is 5.33. The van der Waals surface area contributed by atoms with Gasteiger partial charge in [0.05, 0.1) is 12.0 Å². The van der Waals surface area contributed by atoms with Crippen molar-refractivity contribution in [2.45, 2.75) is 0 Å². The lowest BCUT2D eigenvalue weighted by Crippen LogP contribution is -2.30. The van der Waals surface area contributed by atoms with E-state index >= 15 is 0 Å². The monoisotopic (exact) mass is 410 g/mol.